The summed E-state index contributed by atoms with van der Waals surface area (Å²) in [4.78, 5) is 35.1. The van der Waals surface area contributed by atoms with E-state index in [0.717, 1.165) is 25.7 Å². The van der Waals surface area contributed by atoms with Gasteiger partial charge in [-0.2, -0.15) is 0 Å². The van der Waals surface area contributed by atoms with Crippen LogP contribution in [0.25, 0.3) is 0 Å². The van der Waals surface area contributed by atoms with Gasteiger partial charge in [-0.25, -0.2) is 0 Å². The lowest BCUT2D eigenvalue weighted by atomic mass is 9.81. The SMILES string of the molecule is O=C(O)C1CCCC(C(=O)Nc2ccc(NC(=O)C3CC3)cc2)C1. The van der Waals surface area contributed by atoms with Crippen LogP contribution in [0.1, 0.15) is 38.5 Å². The molecule has 1 aromatic carbocycles. The molecule has 2 atom stereocenters. The summed E-state index contributed by atoms with van der Waals surface area (Å²) in [5, 5.41) is 14.8. The molecule has 1 aromatic rings. The average Bonchev–Trinajstić information content (AvgIpc) is 3.41. The molecule has 0 spiro atoms. The van der Waals surface area contributed by atoms with Crippen molar-refractivity contribution < 1.29 is 19.5 Å². The number of anilines is 2. The number of hydrogen-bond donors (Lipinski definition) is 3. The minimum absolute atomic E-state index is 0.0497. The van der Waals surface area contributed by atoms with Crippen molar-refractivity contribution in [3.05, 3.63) is 24.3 Å². The fourth-order valence-electron chi connectivity index (χ4n) is 3.12. The molecule has 2 aliphatic carbocycles. The Labute approximate surface area is 140 Å². The third-order valence-corrected chi connectivity index (χ3v) is 4.76. The van der Waals surface area contributed by atoms with Crippen LogP contribution in [0.15, 0.2) is 24.3 Å². The Morgan fingerprint density at radius 3 is 1.79 bits per heavy atom. The summed E-state index contributed by atoms with van der Waals surface area (Å²) >= 11 is 0. The maximum Gasteiger partial charge on any atom is 0.306 e. The second kappa shape index (κ2) is 7.03. The monoisotopic (exact) mass is 330 g/mol. The zero-order chi connectivity index (χ0) is 17.1. The second-order valence-corrected chi connectivity index (χ2v) is 6.73. The molecule has 0 bridgehead atoms. The predicted molar refractivity (Wildman–Crippen MR) is 89.5 cm³/mol. The third-order valence-electron chi connectivity index (χ3n) is 4.76. The topological polar surface area (TPSA) is 95.5 Å². The summed E-state index contributed by atoms with van der Waals surface area (Å²) in [6, 6.07) is 7.02. The number of hydrogen-bond acceptors (Lipinski definition) is 3. The van der Waals surface area contributed by atoms with E-state index < -0.39 is 11.9 Å². The predicted octanol–water partition coefficient (Wildman–Crippen LogP) is 2.86. The van der Waals surface area contributed by atoms with Gasteiger partial charge in [0.15, 0.2) is 0 Å². The molecule has 2 unspecified atom stereocenters. The molecule has 2 fully saturated rings. The molecule has 0 aromatic heterocycles. The van der Waals surface area contributed by atoms with E-state index in [9.17, 15) is 14.4 Å². The summed E-state index contributed by atoms with van der Waals surface area (Å²) < 4.78 is 0. The largest absolute Gasteiger partial charge is 0.481 e. The van der Waals surface area contributed by atoms with Crippen LogP contribution in [-0.2, 0) is 14.4 Å². The van der Waals surface area contributed by atoms with Crippen LogP contribution in [0.4, 0.5) is 11.4 Å². The van der Waals surface area contributed by atoms with Crippen molar-refractivity contribution in [2.45, 2.75) is 38.5 Å². The lowest BCUT2D eigenvalue weighted by Gasteiger charge is -2.25. The summed E-state index contributed by atoms with van der Waals surface area (Å²) in [5.41, 5.74) is 1.37. The van der Waals surface area contributed by atoms with Gasteiger partial charge in [0.25, 0.3) is 0 Å². The maximum absolute atomic E-state index is 12.3. The van der Waals surface area contributed by atoms with Gasteiger partial charge in [-0.3, -0.25) is 14.4 Å². The highest BCUT2D eigenvalue weighted by Crippen LogP contribution is 2.31. The standard InChI is InChI=1S/C18H22N2O4/c21-16(11-4-5-11)19-14-6-8-15(9-7-14)20-17(22)12-2-1-3-13(10-12)18(23)24/h6-9,11-13H,1-5,10H2,(H,19,21)(H,20,22)(H,23,24). The number of nitrogens with one attached hydrogen (secondary N) is 2. The normalized spacial score (nSPS) is 23.3. The quantitative estimate of drug-likeness (QED) is 0.773. The van der Waals surface area contributed by atoms with E-state index in [0.29, 0.717) is 24.2 Å². The number of aliphatic carboxylic acids is 1. The van der Waals surface area contributed by atoms with Crippen molar-refractivity contribution in [2.24, 2.45) is 17.8 Å². The molecule has 2 amide bonds. The van der Waals surface area contributed by atoms with E-state index in [-0.39, 0.29) is 23.7 Å². The number of rotatable bonds is 5. The van der Waals surface area contributed by atoms with E-state index in [1.54, 1.807) is 24.3 Å². The molecule has 0 aliphatic heterocycles. The molecular weight excluding hydrogens is 308 g/mol. The molecule has 2 aliphatic rings. The molecule has 6 heteroatoms. The summed E-state index contributed by atoms with van der Waals surface area (Å²) in [6.07, 6.45) is 4.45. The Hall–Kier alpha value is -2.37. The number of benzene rings is 1. The third kappa shape index (κ3) is 4.13. The molecule has 128 valence electrons. The van der Waals surface area contributed by atoms with Crippen LogP contribution >= 0.6 is 0 Å². The van der Waals surface area contributed by atoms with Crippen LogP contribution in [0.5, 0.6) is 0 Å². The maximum atomic E-state index is 12.3. The van der Waals surface area contributed by atoms with E-state index >= 15 is 0 Å². The minimum Gasteiger partial charge on any atom is -0.481 e. The Balaban J connectivity index is 1.54. The van der Waals surface area contributed by atoms with Gasteiger partial charge in [-0.15, -0.1) is 0 Å². The van der Waals surface area contributed by atoms with Gasteiger partial charge in [0.2, 0.25) is 11.8 Å². The van der Waals surface area contributed by atoms with E-state index in [4.69, 9.17) is 5.11 Å². The summed E-state index contributed by atoms with van der Waals surface area (Å²) in [7, 11) is 0. The van der Waals surface area contributed by atoms with Gasteiger partial charge in [-0.1, -0.05) is 6.42 Å². The highest BCUT2D eigenvalue weighted by atomic mass is 16.4. The van der Waals surface area contributed by atoms with Crippen molar-refractivity contribution in [1.29, 1.82) is 0 Å². The lowest BCUT2D eigenvalue weighted by Crippen LogP contribution is -2.30. The number of carboxylic acids is 1. The van der Waals surface area contributed by atoms with Gasteiger partial charge < -0.3 is 15.7 Å². The van der Waals surface area contributed by atoms with Crippen molar-refractivity contribution >= 4 is 29.2 Å². The minimum atomic E-state index is -0.816. The Kier molecular flexibility index (Phi) is 4.83. The van der Waals surface area contributed by atoms with Gasteiger partial charge in [-0.05, 0) is 56.4 Å². The molecule has 0 saturated heterocycles. The fraction of sp³-hybridized carbons (Fsp3) is 0.500. The van der Waals surface area contributed by atoms with Crippen LogP contribution in [-0.4, -0.2) is 22.9 Å². The second-order valence-electron chi connectivity index (χ2n) is 6.73. The molecule has 24 heavy (non-hydrogen) atoms. The number of carbonyl (C=O) groups is 3. The van der Waals surface area contributed by atoms with Gasteiger partial charge in [0.1, 0.15) is 0 Å². The highest BCUT2D eigenvalue weighted by Gasteiger charge is 2.31. The molecule has 3 N–H and O–H groups in total. The van der Waals surface area contributed by atoms with Crippen molar-refractivity contribution in [3.63, 3.8) is 0 Å². The zero-order valence-electron chi connectivity index (χ0n) is 13.5. The van der Waals surface area contributed by atoms with E-state index in [1.165, 1.54) is 0 Å². The first-order valence-electron chi connectivity index (χ1n) is 8.47. The van der Waals surface area contributed by atoms with Crippen LogP contribution < -0.4 is 10.6 Å². The first kappa shape index (κ1) is 16.5. The Morgan fingerprint density at radius 1 is 0.792 bits per heavy atom. The molecular formula is C18H22N2O4. The lowest BCUT2D eigenvalue weighted by molar-refractivity contribution is -0.143. The molecule has 0 radical (unpaired) electrons. The van der Waals surface area contributed by atoms with Crippen molar-refractivity contribution in [3.8, 4) is 0 Å². The molecule has 3 rings (SSSR count). The molecule has 6 nitrogen and oxygen atoms in total. The smallest absolute Gasteiger partial charge is 0.306 e. The van der Waals surface area contributed by atoms with Crippen LogP contribution in [0.3, 0.4) is 0 Å². The van der Waals surface area contributed by atoms with Crippen molar-refractivity contribution in [1.82, 2.24) is 0 Å². The van der Waals surface area contributed by atoms with Crippen LogP contribution in [0, 0.1) is 17.8 Å². The van der Waals surface area contributed by atoms with Crippen molar-refractivity contribution in [2.75, 3.05) is 10.6 Å². The first-order chi connectivity index (χ1) is 11.5. The van der Waals surface area contributed by atoms with Gasteiger partial charge in [0.05, 0.1) is 5.92 Å². The van der Waals surface area contributed by atoms with E-state index in [1.807, 2.05) is 0 Å². The van der Waals surface area contributed by atoms with Gasteiger partial charge >= 0.3 is 5.97 Å². The molecule has 2 saturated carbocycles. The summed E-state index contributed by atoms with van der Waals surface area (Å²) in [6.45, 7) is 0. The zero-order valence-corrected chi connectivity index (χ0v) is 13.5. The molecule has 0 heterocycles. The summed E-state index contributed by atoms with van der Waals surface area (Å²) in [5.74, 6) is -1.42. The highest BCUT2D eigenvalue weighted by molar-refractivity contribution is 5.95. The number of carboxylic acid groups (broad SMARTS) is 1. The number of amides is 2. The van der Waals surface area contributed by atoms with Gasteiger partial charge in [0, 0.05) is 23.2 Å². The first-order valence-corrected chi connectivity index (χ1v) is 8.47. The average molecular weight is 330 g/mol. The number of carbonyl (C=O) groups excluding carboxylic acids is 2. The Morgan fingerprint density at radius 2 is 1.29 bits per heavy atom. The van der Waals surface area contributed by atoms with E-state index in [2.05, 4.69) is 10.6 Å². The Bertz CT molecular complexity index is 637. The fourth-order valence-corrected chi connectivity index (χ4v) is 3.12. The van der Waals surface area contributed by atoms with Crippen LogP contribution in [0.2, 0.25) is 0 Å².